The van der Waals surface area contributed by atoms with Gasteiger partial charge in [-0.2, -0.15) is 0 Å². The minimum Gasteiger partial charge on any atom is -0.507 e. The van der Waals surface area contributed by atoms with Gasteiger partial charge in [-0.05, 0) is 65.6 Å². The van der Waals surface area contributed by atoms with Gasteiger partial charge in [0.25, 0.3) is 0 Å². The summed E-state index contributed by atoms with van der Waals surface area (Å²) in [6.07, 6.45) is 2.63. The number of hydrogen-bond acceptors (Lipinski definition) is 4. The topological polar surface area (TPSA) is 59.2 Å². The maximum absolute atomic E-state index is 10.3. The standard InChI is InChI=1S/C31H22N2O2/c34-28-14-5-4-11-26(28)31-33-30-25(12-8-15-29(30)35-31)23-18-22(17-21-9-2-1-3-10-21)19-24(20-23)27-13-6-7-16-32-27/h1-16,18-20,34H,17H2. The lowest BCUT2D eigenvalue weighted by atomic mass is 9.94. The first-order valence-electron chi connectivity index (χ1n) is 11.5. The number of hydrogen-bond donors (Lipinski definition) is 1. The van der Waals surface area contributed by atoms with Gasteiger partial charge in [0.05, 0.1) is 11.3 Å². The number of oxazole rings is 1. The molecular formula is C31H22N2O2. The molecule has 0 saturated carbocycles. The third kappa shape index (κ3) is 4.18. The van der Waals surface area contributed by atoms with Gasteiger partial charge in [0.1, 0.15) is 11.3 Å². The molecular weight excluding hydrogens is 432 g/mol. The summed E-state index contributed by atoms with van der Waals surface area (Å²) in [6.45, 7) is 0. The zero-order valence-electron chi connectivity index (χ0n) is 18.9. The Morgan fingerprint density at radius 2 is 1.43 bits per heavy atom. The van der Waals surface area contributed by atoms with Crippen molar-refractivity contribution in [3.8, 4) is 39.6 Å². The molecule has 0 radical (unpaired) electrons. The van der Waals surface area contributed by atoms with E-state index in [1.165, 1.54) is 11.1 Å². The maximum atomic E-state index is 10.3. The lowest BCUT2D eigenvalue weighted by molar-refractivity contribution is 0.474. The van der Waals surface area contributed by atoms with Crippen LogP contribution in [0.1, 0.15) is 11.1 Å². The fraction of sp³-hybridized carbons (Fsp3) is 0.0323. The molecule has 0 aliphatic carbocycles. The highest BCUT2D eigenvalue weighted by Crippen LogP contribution is 2.36. The molecule has 35 heavy (non-hydrogen) atoms. The Morgan fingerprint density at radius 3 is 2.26 bits per heavy atom. The van der Waals surface area contributed by atoms with Gasteiger partial charge < -0.3 is 9.52 Å². The quantitative estimate of drug-likeness (QED) is 0.293. The Morgan fingerprint density at radius 1 is 0.657 bits per heavy atom. The van der Waals surface area contributed by atoms with Crippen LogP contribution in [0.3, 0.4) is 0 Å². The van der Waals surface area contributed by atoms with Gasteiger partial charge in [0, 0.05) is 17.3 Å². The van der Waals surface area contributed by atoms with Crippen molar-refractivity contribution in [3.63, 3.8) is 0 Å². The van der Waals surface area contributed by atoms with Crippen LogP contribution in [-0.2, 0) is 6.42 Å². The van der Waals surface area contributed by atoms with Crippen LogP contribution in [-0.4, -0.2) is 15.1 Å². The van der Waals surface area contributed by atoms with Crippen LogP contribution < -0.4 is 0 Å². The average Bonchev–Trinajstić information content (AvgIpc) is 3.34. The molecule has 1 N–H and O–H groups in total. The van der Waals surface area contributed by atoms with E-state index in [9.17, 15) is 5.11 Å². The summed E-state index contributed by atoms with van der Waals surface area (Å²) < 4.78 is 6.05. The van der Waals surface area contributed by atoms with E-state index in [0.717, 1.165) is 34.3 Å². The van der Waals surface area contributed by atoms with E-state index in [-0.39, 0.29) is 5.75 Å². The summed E-state index contributed by atoms with van der Waals surface area (Å²) in [4.78, 5) is 9.38. The van der Waals surface area contributed by atoms with Crippen molar-refractivity contribution in [2.45, 2.75) is 6.42 Å². The molecule has 168 valence electrons. The van der Waals surface area contributed by atoms with E-state index in [1.807, 2.05) is 48.7 Å². The van der Waals surface area contributed by atoms with Gasteiger partial charge >= 0.3 is 0 Å². The smallest absolute Gasteiger partial charge is 0.231 e. The predicted molar refractivity (Wildman–Crippen MR) is 139 cm³/mol. The molecule has 0 unspecified atom stereocenters. The molecule has 0 aliphatic rings. The van der Waals surface area contributed by atoms with Crippen LogP contribution in [0.5, 0.6) is 5.75 Å². The molecule has 6 aromatic rings. The summed E-state index contributed by atoms with van der Waals surface area (Å²) in [7, 11) is 0. The molecule has 0 fully saturated rings. The summed E-state index contributed by atoms with van der Waals surface area (Å²) in [5.74, 6) is 0.541. The van der Waals surface area contributed by atoms with Gasteiger partial charge in [-0.25, -0.2) is 4.98 Å². The summed E-state index contributed by atoms with van der Waals surface area (Å²) >= 11 is 0. The van der Waals surface area contributed by atoms with Gasteiger partial charge in [0.15, 0.2) is 5.58 Å². The molecule has 4 heteroatoms. The predicted octanol–water partition coefficient (Wildman–Crippen LogP) is 7.52. The van der Waals surface area contributed by atoms with Crippen molar-refractivity contribution in [2.75, 3.05) is 0 Å². The average molecular weight is 455 g/mol. The third-order valence-corrected chi connectivity index (χ3v) is 6.07. The number of aromatic hydroxyl groups is 1. The number of rotatable bonds is 5. The Hall–Kier alpha value is -4.70. The molecule has 4 aromatic carbocycles. The summed E-state index contributed by atoms with van der Waals surface area (Å²) in [6, 6.07) is 36.0. The number of fused-ring (bicyclic) bond motifs is 1. The van der Waals surface area contributed by atoms with Crippen LogP contribution >= 0.6 is 0 Å². The zero-order chi connectivity index (χ0) is 23.6. The lowest BCUT2D eigenvalue weighted by Gasteiger charge is -2.11. The summed E-state index contributed by atoms with van der Waals surface area (Å²) in [5.41, 5.74) is 8.43. The Labute approximate surface area is 203 Å². The van der Waals surface area contributed by atoms with Gasteiger partial charge in [-0.1, -0.05) is 66.7 Å². The first-order chi connectivity index (χ1) is 17.2. The minimum atomic E-state index is 0.142. The highest BCUT2D eigenvalue weighted by molar-refractivity contribution is 5.93. The minimum absolute atomic E-state index is 0.142. The highest BCUT2D eigenvalue weighted by Gasteiger charge is 2.16. The molecule has 6 rings (SSSR count). The van der Waals surface area contributed by atoms with Gasteiger partial charge in [0.2, 0.25) is 5.89 Å². The molecule has 2 aromatic heterocycles. The van der Waals surface area contributed by atoms with Crippen molar-refractivity contribution >= 4 is 11.1 Å². The fourth-order valence-electron chi connectivity index (χ4n) is 4.41. The SMILES string of the molecule is Oc1ccccc1-c1nc2c(-c3cc(Cc4ccccc4)cc(-c4ccccn4)c3)cccc2o1. The molecule has 0 aliphatic heterocycles. The second kappa shape index (κ2) is 8.92. The number of para-hydroxylation sites is 2. The number of nitrogens with zero attached hydrogens (tertiary/aromatic N) is 2. The number of aromatic nitrogens is 2. The molecule has 0 spiro atoms. The number of pyridine rings is 1. The number of benzene rings is 4. The largest absolute Gasteiger partial charge is 0.507 e. The molecule has 4 nitrogen and oxygen atoms in total. The van der Waals surface area contributed by atoms with Crippen molar-refractivity contribution in [1.82, 2.24) is 9.97 Å². The van der Waals surface area contributed by atoms with E-state index in [2.05, 4.69) is 53.5 Å². The normalized spacial score (nSPS) is 11.1. The van der Waals surface area contributed by atoms with E-state index in [4.69, 9.17) is 9.40 Å². The Kier molecular flexibility index (Phi) is 5.32. The molecule has 0 amide bonds. The van der Waals surface area contributed by atoms with E-state index >= 15 is 0 Å². The molecule has 2 heterocycles. The van der Waals surface area contributed by atoms with Crippen molar-refractivity contribution < 1.29 is 9.52 Å². The molecule has 0 bridgehead atoms. The highest BCUT2D eigenvalue weighted by atomic mass is 16.3. The van der Waals surface area contributed by atoms with Crippen LogP contribution in [0.15, 0.2) is 120 Å². The maximum Gasteiger partial charge on any atom is 0.231 e. The van der Waals surface area contributed by atoms with Crippen molar-refractivity contribution in [3.05, 3.63) is 127 Å². The zero-order valence-corrected chi connectivity index (χ0v) is 18.9. The van der Waals surface area contributed by atoms with Crippen molar-refractivity contribution in [1.29, 1.82) is 0 Å². The summed E-state index contributed by atoms with van der Waals surface area (Å²) in [5, 5.41) is 10.3. The van der Waals surface area contributed by atoms with E-state index in [0.29, 0.717) is 17.0 Å². The number of phenols is 1. The Bertz CT molecular complexity index is 1620. The van der Waals surface area contributed by atoms with Crippen molar-refractivity contribution in [2.24, 2.45) is 0 Å². The molecule has 0 saturated heterocycles. The second-order valence-corrected chi connectivity index (χ2v) is 8.48. The third-order valence-electron chi connectivity index (χ3n) is 6.07. The van der Waals surface area contributed by atoms with Gasteiger partial charge in [-0.15, -0.1) is 0 Å². The van der Waals surface area contributed by atoms with Crippen LogP contribution in [0.25, 0.3) is 44.9 Å². The van der Waals surface area contributed by atoms with Crippen LogP contribution in [0.2, 0.25) is 0 Å². The van der Waals surface area contributed by atoms with Crippen LogP contribution in [0.4, 0.5) is 0 Å². The molecule has 0 atom stereocenters. The first kappa shape index (κ1) is 20.9. The van der Waals surface area contributed by atoms with Crippen LogP contribution in [0, 0.1) is 0 Å². The van der Waals surface area contributed by atoms with Gasteiger partial charge in [-0.3, -0.25) is 4.98 Å². The second-order valence-electron chi connectivity index (χ2n) is 8.48. The fourth-order valence-corrected chi connectivity index (χ4v) is 4.41. The van der Waals surface area contributed by atoms with E-state index in [1.54, 1.807) is 18.2 Å². The Balaban J connectivity index is 1.51. The lowest BCUT2D eigenvalue weighted by Crippen LogP contribution is -1.93. The first-order valence-corrected chi connectivity index (χ1v) is 11.5. The monoisotopic (exact) mass is 454 g/mol. The number of phenolic OH excluding ortho intramolecular Hbond substituents is 1. The van der Waals surface area contributed by atoms with E-state index < -0.39 is 0 Å².